The fourth-order valence-corrected chi connectivity index (χ4v) is 0.422. The van der Waals surface area contributed by atoms with E-state index < -0.39 is 18.2 Å². The molecule has 0 aromatic heterocycles. The quantitative estimate of drug-likeness (QED) is 0.261. The Bertz CT molecular complexity index is 124. The second-order valence-corrected chi connectivity index (χ2v) is 1.38. The largest absolute Gasteiger partial charge is 0.420 e. The molecule has 1 rings (SSSR count). The summed E-state index contributed by atoms with van der Waals surface area (Å²) in [6.45, 7) is 1.48. The minimum atomic E-state index is -0.905. The van der Waals surface area contributed by atoms with Crippen LogP contribution in [0.1, 0.15) is 6.92 Å². The number of hydrogen-bond acceptors (Lipinski definition) is 4. The molecule has 9 heavy (non-hydrogen) atoms. The van der Waals surface area contributed by atoms with Gasteiger partial charge < -0.3 is 9.47 Å². The summed E-state index contributed by atoms with van der Waals surface area (Å²) in [6.07, 6.45) is -0.699. The molecular weight excluding hydrogens is 124 g/mol. The van der Waals surface area contributed by atoms with Gasteiger partial charge in [-0.25, -0.2) is 9.59 Å². The van der Waals surface area contributed by atoms with Gasteiger partial charge in [0.1, 0.15) is 0 Å². The van der Waals surface area contributed by atoms with Crippen LogP contribution in [0.4, 0.5) is 0 Å². The molecule has 0 spiro atoms. The molecule has 0 bridgehead atoms. The van der Waals surface area contributed by atoms with Crippen LogP contribution in [0.5, 0.6) is 0 Å². The van der Waals surface area contributed by atoms with Crippen molar-refractivity contribution in [2.24, 2.45) is 0 Å². The van der Waals surface area contributed by atoms with E-state index in [1.807, 2.05) is 0 Å². The average Bonchev–Trinajstić information content (AvgIpc) is 1.85. The van der Waals surface area contributed by atoms with Crippen LogP contribution in [-0.2, 0) is 19.1 Å². The third kappa shape index (κ3) is 1.35. The zero-order valence-electron chi connectivity index (χ0n) is 5.21. The molecule has 0 aromatic rings. The topological polar surface area (TPSA) is 52.6 Å². The molecule has 0 amide bonds. The molecule has 1 heterocycles. The number of rotatable bonds is 0. The zero-order valence-corrected chi connectivity index (χ0v) is 5.21. The summed E-state index contributed by atoms with van der Waals surface area (Å²) < 4.78 is 8.53. The molecule has 1 saturated heterocycles. The summed E-state index contributed by atoms with van der Waals surface area (Å²) in [5, 5.41) is 0. The van der Waals surface area contributed by atoms with Crippen LogP contribution in [0.15, 0.2) is 0 Å². The first-order valence-electron chi connectivity index (χ1n) is 2.12. The highest BCUT2D eigenvalue weighted by atomic mass is 16.8. The molecule has 0 radical (unpaired) electrons. The van der Waals surface area contributed by atoms with Crippen molar-refractivity contribution in [3.8, 4) is 0 Å². The Hall–Kier alpha value is -1.19. The van der Waals surface area contributed by atoms with E-state index in [0.717, 1.165) is 0 Å². The van der Waals surface area contributed by atoms with Crippen LogP contribution in [0, 0.1) is 7.43 Å². The normalized spacial score (nSPS) is 18.3. The summed E-state index contributed by atoms with van der Waals surface area (Å²) in [5.41, 5.74) is 0. The van der Waals surface area contributed by atoms with Gasteiger partial charge in [-0.15, -0.1) is 0 Å². The van der Waals surface area contributed by atoms with E-state index in [1.54, 1.807) is 0 Å². The lowest BCUT2D eigenvalue weighted by Crippen LogP contribution is -2.05. The van der Waals surface area contributed by atoms with Crippen molar-refractivity contribution in [1.82, 2.24) is 0 Å². The van der Waals surface area contributed by atoms with Gasteiger partial charge in [0, 0.05) is 14.4 Å². The standard InChI is InChI=1S/C4H4O4.CH3/c1-2-7-3(5)4(6)8-2;/h2H,1H3;1H3/q;+1. The van der Waals surface area contributed by atoms with Gasteiger partial charge in [0.25, 0.3) is 0 Å². The Balaban J connectivity index is 0.000000640. The number of carbonyl (C=O) groups excluding carboxylic acids is 2. The molecule has 0 aromatic carbocycles. The minimum Gasteiger partial charge on any atom is -0.417 e. The van der Waals surface area contributed by atoms with Gasteiger partial charge >= 0.3 is 11.9 Å². The third-order valence-electron chi connectivity index (χ3n) is 0.713. The van der Waals surface area contributed by atoms with E-state index in [-0.39, 0.29) is 7.43 Å². The highest BCUT2D eigenvalue weighted by Gasteiger charge is 2.30. The number of carbonyl (C=O) groups is 2. The van der Waals surface area contributed by atoms with Gasteiger partial charge in [-0.1, -0.05) is 0 Å². The molecule has 0 saturated carbocycles. The first kappa shape index (κ1) is 7.81. The molecule has 0 unspecified atom stereocenters. The van der Waals surface area contributed by atoms with Gasteiger partial charge in [-0.05, 0) is 0 Å². The summed E-state index contributed by atoms with van der Waals surface area (Å²) >= 11 is 0. The number of esters is 2. The minimum absolute atomic E-state index is 0. The van der Waals surface area contributed by atoms with E-state index in [1.165, 1.54) is 6.92 Å². The Kier molecular flexibility index (Phi) is 2.07. The number of hydrogen-bond donors (Lipinski definition) is 0. The fraction of sp³-hybridized carbons (Fsp3) is 0.400. The van der Waals surface area contributed by atoms with Gasteiger partial charge in [0.15, 0.2) is 0 Å². The maximum atomic E-state index is 10.1. The number of ether oxygens (including phenoxy) is 2. The highest BCUT2D eigenvalue weighted by Crippen LogP contribution is 2.03. The van der Waals surface area contributed by atoms with Crippen molar-refractivity contribution in [2.45, 2.75) is 13.2 Å². The summed E-state index contributed by atoms with van der Waals surface area (Å²) in [7, 11) is 0. The lowest BCUT2D eigenvalue weighted by atomic mass is 10.7. The van der Waals surface area contributed by atoms with Crippen molar-refractivity contribution in [3.05, 3.63) is 7.43 Å². The van der Waals surface area contributed by atoms with Gasteiger partial charge in [-0.3, -0.25) is 0 Å². The summed E-state index contributed by atoms with van der Waals surface area (Å²) in [4.78, 5) is 20.2. The molecule has 0 aliphatic carbocycles. The van der Waals surface area contributed by atoms with E-state index in [2.05, 4.69) is 9.47 Å². The van der Waals surface area contributed by atoms with Gasteiger partial charge in [-0.2, -0.15) is 0 Å². The van der Waals surface area contributed by atoms with Crippen LogP contribution in [-0.4, -0.2) is 18.2 Å². The lowest BCUT2D eigenvalue weighted by molar-refractivity contribution is -0.150. The SMILES string of the molecule is CC1OC(=O)C(=O)O1.[CH3+]. The van der Waals surface area contributed by atoms with Crippen molar-refractivity contribution >= 4 is 11.9 Å². The first-order chi connectivity index (χ1) is 3.70. The zero-order chi connectivity index (χ0) is 6.15. The van der Waals surface area contributed by atoms with E-state index >= 15 is 0 Å². The predicted octanol–water partition coefficient (Wildman–Crippen LogP) is -0.117. The van der Waals surface area contributed by atoms with Crippen LogP contribution >= 0.6 is 0 Å². The smallest absolute Gasteiger partial charge is 0.417 e. The molecule has 4 heteroatoms. The molecule has 1 aliphatic heterocycles. The second-order valence-electron chi connectivity index (χ2n) is 1.38. The Labute approximate surface area is 52.7 Å². The second kappa shape index (κ2) is 2.39. The summed E-state index contributed by atoms with van der Waals surface area (Å²) in [6, 6.07) is 0. The van der Waals surface area contributed by atoms with E-state index in [9.17, 15) is 9.59 Å². The maximum Gasteiger partial charge on any atom is 0.420 e. The Morgan fingerprint density at radius 3 is 1.67 bits per heavy atom. The van der Waals surface area contributed by atoms with Crippen LogP contribution < -0.4 is 0 Å². The van der Waals surface area contributed by atoms with Crippen molar-refractivity contribution in [2.75, 3.05) is 0 Å². The van der Waals surface area contributed by atoms with Crippen molar-refractivity contribution in [3.63, 3.8) is 0 Å². The first-order valence-corrected chi connectivity index (χ1v) is 2.12. The van der Waals surface area contributed by atoms with E-state index in [4.69, 9.17) is 0 Å². The molecular formula is C5H7O4+. The maximum absolute atomic E-state index is 10.1. The van der Waals surface area contributed by atoms with Crippen molar-refractivity contribution < 1.29 is 19.1 Å². The predicted molar refractivity (Wildman–Crippen MR) is 28.1 cm³/mol. The molecule has 0 atom stereocenters. The van der Waals surface area contributed by atoms with E-state index in [0.29, 0.717) is 0 Å². The number of cyclic esters (lactones) is 2. The lowest BCUT2D eigenvalue weighted by Gasteiger charge is -1.94. The van der Waals surface area contributed by atoms with Crippen LogP contribution in [0.25, 0.3) is 0 Å². The van der Waals surface area contributed by atoms with Crippen LogP contribution in [0.3, 0.4) is 0 Å². The molecule has 1 aliphatic rings. The van der Waals surface area contributed by atoms with Gasteiger partial charge in [0.2, 0.25) is 6.29 Å². The Morgan fingerprint density at radius 1 is 1.22 bits per heavy atom. The Morgan fingerprint density at radius 2 is 1.56 bits per heavy atom. The molecule has 4 nitrogen and oxygen atoms in total. The monoisotopic (exact) mass is 131 g/mol. The highest BCUT2D eigenvalue weighted by molar-refractivity contribution is 6.30. The average molecular weight is 131 g/mol. The molecule has 1 fully saturated rings. The van der Waals surface area contributed by atoms with Crippen molar-refractivity contribution in [1.29, 1.82) is 0 Å². The summed E-state index contributed by atoms with van der Waals surface area (Å²) in [5.74, 6) is -1.81. The third-order valence-corrected chi connectivity index (χ3v) is 0.713. The fourth-order valence-electron chi connectivity index (χ4n) is 0.422. The van der Waals surface area contributed by atoms with Crippen LogP contribution in [0.2, 0.25) is 0 Å². The molecule has 50 valence electrons. The molecule has 0 N–H and O–H groups in total. The van der Waals surface area contributed by atoms with Gasteiger partial charge in [0.05, 0.1) is 0 Å².